The van der Waals surface area contributed by atoms with Crippen LogP contribution in [0.25, 0.3) is 16.9 Å². The molecule has 0 aliphatic heterocycles. The van der Waals surface area contributed by atoms with E-state index < -0.39 is 50.1 Å². The predicted molar refractivity (Wildman–Crippen MR) is 86.9 cm³/mol. The Morgan fingerprint density at radius 1 is 0.893 bits per heavy atom. The Hall–Kier alpha value is -2.82. The molecule has 3 rings (SSSR count). The first kappa shape index (κ1) is 19.9. The summed E-state index contributed by atoms with van der Waals surface area (Å²) in [5.41, 5.74) is -1.58. The van der Waals surface area contributed by atoms with Crippen molar-refractivity contribution < 1.29 is 34.8 Å². The molecule has 0 aliphatic rings. The Bertz CT molecular complexity index is 1150. The molecule has 0 saturated carbocycles. The van der Waals surface area contributed by atoms with Crippen LogP contribution >= 0.6 is 0 Å². The summed E-state index contributed by atoms with van der Waals surface area (Å²) in [5.74, 6) is -5.35. The summed E-state index contributed by atoms with van der Waals surface area (Å²) in [4.78, 5) is -1.18. The van der Waals surface area contributed by atoms with E-state index in [0.717, 1.165) is 22.9 Å². The van der Waals surface area contributed by atoms with Crippen molar-refractivity contribution in [3.63, 3.8) is 0 Å². The van der Waals surface area contributed by atoms with E-state index in [0.29, 0.717) is 24.5 Å². The van der Waals surface area contributed by atoms with Crippen molar-refractivity contribution in [3.05, 3.63) is 65.4 Å². The van der Waals surface area contributed by atoms with Gasteiger partial charge >= 0.3 is 0 Å². The molecule has 11 heteroatoms. The van der Waals surface area contributed by atoms with Gasteiger partial charge in [0.15, 0.2) is 21.5 Å². The molecule has 1 aromatic heterocycles. The first-order valence-corrected chi connectivity index (χ1v) is 9.41. The molecule has 0 saturated heterocycles. The average molecular weight is 420 g/mol. The zero-order chi connectivity index (χ0) is 20.8. The first-order valence-electron chi connectivity index (χ1n) is 7.52. The summed E-state index contributed by atoms with van der Waals surface area (Å²) in [6, 6.07) is 4.48. The van der Waals surface area contributed by atoms with Crippen LogP contribution in [-0.2, 0) is 9.84 Å². The maximum Gasteiger partial charge on any atom is 0.282 e. The second kappa shape index (κ2) is 6.97. The molecule has 0 N–H and O–H groups in total. The third kappa shape index (κ3) is 3.61. The third-order valence-corrected chi connectivity index (χ3v) is 4.90. The van der Waals surface area contributed by atoms with Gasteiger partial charge in [0.25, 0.3) is 6.43 Å². The minimum absolute atomic E-state index is 0.186. The number of hydrogen-bond acceptors (Lipinski definition) is 3. The fourth-order valence-electron chi connectivity index (χ4n) is 2.59. The normalized spacial score (nSPS) is 12.0. The predicted octanol–water partition coefficient (Wildman–Crippen LogP) is 4.44. The third-order valence-electron chi connectivity index (χ3n) is 3.76. The summed E-state index contributed by atoms with van der Waals surface area (Å²) in [6.07, 6.45) is -2.45. The van der Waals surface area contributed by atoms with E-state index in [4.69, 9.17) is 0 Å². The smallest absolute Gasteiger partial charge is 0.233 e. The van der Waals surface area contributed by atoms with Gasteiger partial charge in [-0.05, 0) is 30.3 Å². The van der Waals surface area contributed by atoms with Crippen molar-refractivity contribution in [2.75, 3.05) is 6.26 Å². The number of aromatic nitrogens is 2. The summed E-state index contributed by atoms with van der Waals surface area (Å²) in [5, 5.41) is 3.57. The minimum Gasteiger partial charge on any atom is -0.233 e. The van der Waals surface area contributed by atoms with Crippen LogP contribution < -0.4 is 0 Å². The lowest BCUT2D eigenvalue weighted by Crippen LogP contribution is -2.06. The van der Waals surface area contributed by atoms with Crippen LogP contribution in [0.5, 0.6) is 0 Å². The van der Waals surface area contributed by atoms with Gasteiger partial charge in [-0.1, -0.05) is 0 Å². The van der Waals surface area contributed by atoms with E-state index in [1.807, 2.05) is 0 Å². The highest BCUT2D eigenvalue weighted by Crippen LogP contribution is 2.31. The zero-order valence-electron chi connectivity index (χ0n) is 13.9. The molecule has 3 aromatic rings. The molecule has 2 aromatic carbocycles. The average Bonchev–Trinajstić information content (AvgIpc) is 3.01. The van der Waals surface area contributed by atoms with Crippen LogP contribution in [0.3, 0.4) is 0 Å². The number of benzene rings is 2. The number of sulfone groups is 1. The second-order valence-corrected chi connectivity index (χ2v) is 7.76. The molecule has 0 amide bonds. The van der Waals surface area contributed by atoms with Gasteiger partial charge in [0, 0.05) is 17.9 Å². The van der Waals surface area contributed by atoms with E-state index in [1.54, 1.807) is 0 Å². The molecule has 0 fully saturated rings. The number of rotatable bonds is 4. The highest BCUT2D eigenvalue weighted by atomic mass is 32.2. The van der Waals surface area contributed by atoms with Gasteiger partial charge in [0.05, 0.1) is 11.4 Å². The molecule has 0 spiro atoms. The van der Waals surface area contributed by atoms with Gasteiger partial charge in [-0.3, -0.25) is 0 Å². The van der Waals surface area contributed by atoms with Crippen molar-refractivity contribution in [1.29, 1.82) is 0 Å². The Balaban J connectivity index is 2.26. The summed E-state index contributed by atoms with van der Waals surface area (Å²) in [6.45, 7) is 0. The zero-order valence-corrected chi connectivity index (χ0v) is 14.7. The first-order chi connectivity index (χ1) is 13.0. The molecule has 0 unspecified atom stereocenters. The maximum atomic E-state index is 14.2. The number of hydrogen-bond donors (Lipinski definition) is 0. The van der Waals surface area contributed by atoms with Gasteiger partial charge in [0.1, 0.15) is 22.2 Å². The molecule has 0 atom stereocenters. The van der Waals surface area contributed by atoms with E-state index in [1.165, 1.54) is 0 Å². The van der Waals surface area contributed by atoms with Crippen LogP contribution in [-0.4, -0.2) is 24.5 Å². The fourth-order valence-corrected chi connectivity index (χ4v) is 3.41. The fraction of sp³-hybridized carbons (Fsp3) is 0.118. The lowest BCUT2D eigenvalue weighted by Gasteiger charge is -2.10. The summed E-state index contributed by atoms with van der Waals surface area (Å²) in [7, 11) is -4.23. The van der Waals surface area contributed by atoms with Crippen LogP contribution in [0.1, 0.15) is 12.1 Å². The lowest BCUT2D eigenvalue weighted by molar-refractivity contribution is 0.145. The van der Waals surface area contributed by atoms with Gasteiger partial charge in [-0.2, -0.15) is 5.10 Å². The van der Waals surface area contributed by atoms with Crippen molar-refractivity contribution in [1.82, 2.24) is 9.78 Å². The van der Waals surface area contributed by atoms with E-state index >= 15 is 0 Å². The van der Waals surface area contributed by atoms with E-state index in [-0.39, 0.29) is 16.9 Å². The van der Waals surface area contributed by atoms with Gasteiger partial charge in [-0.25, -0.2) is 39.4 Å². The standard InChI is InChI=1S/C17H10F6N2O2S/c1-28(26,27)16-12(20)4-8(5-13(16)21)15-7-14(17(22)23)24-25(15)9-2-3-10(18)11(19)6-9/h2-7,17H,1H3. The number of nitrogens with zero attached hydrogens (tertiary/aromatic N) is 2. The van der Waals surface area contributed by atoms with Gasteiger partial charge in [-0.15, -0.1) is 0 Å². The van der Waals surface area contributed by atoms with Crippen LogP contribution in [0.4, 0.5) is 26.3 Å². The molecule has 4 nitrogen and oxygen atoms in total. The highest BCUT2D eigenvalue weighted by molar-refractivity contribution is 7.90. The largest absolute Gasteiger partial charge is 0.282 e. The summed E-state index contributed by atoms with van der Waals surface area (Å²) < 4.78 is 105. The SMILES string of the molecule is CS(=O)(=O)c1c(F)cc(-c2cc(C(F)F)nn2-c2ccc(F)c(F)c2)cc1F. The van der Waals surface area contributed by atoms with Crippen LogP contribution in [0, 0.1) is 23.3 Å². The van der Waals surface area contributed by atoms with E-state index in [9.17, 15) is 34.8 Å². The van der Waals surface area contributed by atoms with Gasteiger partial charge in [0.2, 0.25) is 0 Å². The van der Waals surface area contributed by atoms with Crippen LogP contribution in [0.15, 0.2) is 41.3 Å². The van der Waals surface area contributed by atoms with E-state index in [2.05, 4.69) is 5.10 Å². The Labute approximate surface area is 155 Å². The minimum atomic E-state index is -4.23. The summed E-state index contributed by atoms with van der Waals surface area (Å²) >= 11 is 0. The molecule has 0 aliphatic carbocycles. The topological polar surface area (TPSA) is 52.0 Å². The highest BCUT2D eigenvalue weighted by Gasteiger charge is 2.24. The lowest BCUT2D eigenvalue weighted by atomic mass is 10.1. The quantitative estimate of drug-likeness (QED) is 0.587. The second-order valence-electron chi connectivity index (χ2n) is 5.81. The monoisotopic (exact) mass is 420 g/mol. The molecule has 0 bridgehead atoms. The van der Waals surface area contributed by atoms with Crippen molar-refractivity contribution in [3.8, 4) is 16.9 Å². The maximum absolute atomic E-state index is 14.2. The van der Waals surface area contributed by atoms with Crippen molar-refractivity contribution in [2.45, 2.75) is 11.3 Å². The molecule has 28 heavy (non-hydrogen) atoms. The molecule has 0 radical (unpaired) electrons. The molecule has 148 valence electrons. The Kier molecular flexibility index (Phi) is 4.96. The van der Waals surface area contributed by atoms with Gasteiger partial charge < -0.3 is 0 Å². The molecular weight excluding hydrogens is 410 g/mol. The molecular formula is C17H10F6N2O2S. The van der Waals surface area contributed by atoms with Crippen molar-refractivity contribution >= 4 is 9.84 Å². The Morgan fingerprint density at radius 2 is 1.50 bits per heavy atom. The van der Waals surface area contributed by atoms with Crippen LogP contribution in [0.2, 0.25) is 0 Å². The number of halogens is 6. The molecule has 1 heterocycles. The van der Waals surface area contributed by atoms with Crippen molar-refractivity contribution in [2.24, 2.45) is 0 Å². The Morgan fingerprint density at radius 3 is 2.00 bits per heavy atom. The number of alkyl halides is 2.